The molecule has 2 amide bonds. The maximum atomic E-state index is 11.2. The lowest BCUT2D eigenvalue weighted by Gasteiger charge is -2.23. The average Bonchev–Trinajstić information content (AvgIpc) is 2.16. The second-order valence-electron chi connectivity index (χ2n) is 3.71. The van der Waals surface area contributed by atoms with Crippen molar-refractivity contribution in [3.05, 3.63) is 0 Å². The van der Waals surface area contributed by atoms with Gasteiger partial charge in [0.25, 0.3) is 0 Å². The summed E-state index contributed by atoms with van der Waals surface area (Å²) in [6, 6.07) is 0.233. The monoisotopic (exact) mass is 199 g/mol. The van der Waals surface area contributed by atoms with Gasteiger partial charge in [-0.3, -0.25) is 9.59 Å². The van der Waals surface area contributed by atoms with Gasteiger partial charge in [-0.1, -0.05) is 0 Å². The highest BCUT2D eigenvalue weighted by molar-refractivity contribution is 5.78. The number of nitrogens with one attached hydrogen (secondary N) is 2. The summed E-state index contributed by atoms with van der Waals surface area (Å²) in [4.78, 5) is 23.6. The van der Waals surface area contributed by atoms with Crippen LogP contribution >= 0.6 is 0 Å². The molecule has 1 heterocycles. The normalized spacial score (nSPS) is 21.6. The van der Waals surface area contributed by atoms with Crippen molar-refractivity contribution in [2.75, 3.05) is 27.2 Å². The molecule has 1 aliphatic heterocycles. The number of carbonyl (C=O) groups excluding carboxylic acids is 2. The first-order valence-corrected chi connectivity index (χ1v) is 4.80. The molecule has 0 aliphatic carbocycles. The number of hydrogen-bond acceptors (Lipinski definition) is 3. The first-order chi connectivity index (χ1) is 6.59. The Morgan fingerprint density at radius 3 is 2.86 bits per heavy atom. The number of carbonyl (C=O) groups is 2. The van der Waals surface area contributed by atoms with E-state index in [1.165, 1.54) is 0 Å². The van der Waals surface area contributed by atoms with Crippen molar-refractivity contribution in [1.29, 1.82) is 0 Å². The Morgan fingerprint density at radius 1 is 1.64 bits per heavy atom. The van der Waals surface area contributed by atoms with Crippen molar-refractivity contribution >= 4 is 11.8 Å². The zero-order valence-electron chi connectivity index (χ0n) is 8.67. The minimum Gasteiger partial charge on any atom is -0.355 e. The van der Waals surface area contributed by atoms with E-state index in [0.29, 0.717) is 19.5 Å². The zero-order valence-corrected chi connectivity index (χ0v) is 8.67. The Bertz CT molecular complexity index is 218. The van der Waals surface area contributed by atoms with Crippen LogP contribution in [0, 0.1) is 0 Å². The minimum absolute atomic E-state index is 0.0573. The average molecular weight is 199 g/mol. The van der Waals surface area contributed by atoms with Crippen LogP contribution in [0.5, 0.6) is 0 Å². The van der Waals surface area contributed by atoms with Gasteiger partial charge in [-0.25, -0.2) is 0 Å². The maximum Gasteiger partial charge on any atom is 0.236 e. The van der Waals surface area contributed by atoms with Crippen molar-refractivity contribution in [2.24, 2.45) is 0 Å². The highest BCUT2D eigenvalue weighted by atomic mass is 16.2. The van der Waals surface area contributed by atoms with Crippen molar-refractivity contribution in [3.63, 3.8) is 0 Å². The van der Waals surface area contributed by atoms with Gasteiger partial charge in [-0.2, -0.15) is 0 Å². The largest absolute Gasteiger partial charge is 0.355 e. The first kappa shape index (κ1) is 11.0. The molecule has 0 bridgehead atoms. The Kier molecular flexibility index (Phi) is 3.88. The van der Waals surface area contributed by atoms with Gasteiger partial charge < -0.3 is 15.5 Å². The van der Waals surface area contributed by atoms with Crippen LogP contribution in [0.2, 0.25) is 0 Å². The Morgan fingerprint density at radius 2 is 2.36 bits per heavy atom. The lowest BCUT2D eigenvalue weighted by molar-refractivity contribution is -0.127. The topological polar surface area (TPSA) is 61.4 Å². The molecule has 0 aromatic rings. The molecule has 1 saturated heterocycles. The summed E-state index contributed by atoms with van der Waals surface area (Å²) in [6.07, 6.45) is 1.36. The van der Waals surface area contributed by atoms with Gasteiger partial charge in [-0.05, 0) is 6.42 Å². The van der Waals surface area contributed by atoms with Gasteiger partial charge in [0.1, 0.15) is 0 Å². The van der Waals surface area contributed by atoms with E-state index in [2.05, 4.69) is 10.6 Å². The summed E-state index contributed by atoms with van der Waals surface area (Å²) in [5.41, 5.74) is 0. The van der Waals surface area contributed by atoms with E-state index in [4.69, 9.17) is 0 Å². The van der Waals surface area contributed by atoms with Crippen molar-refractivity contribution in [2.45, 2.75) is 18.9 Å². The third kappa shape index (κ3) is 3.33. The zero-order chi connectivity index (χ0) is 10.6. The number of likely N-dealkylation sites (N-methyl/N-ethyl adjacent to an activating group) is 1. The maximum absolute atomic E-state index is 11.2. The van der Waals surface area contributed by atoms with Crippen LogP contribution < -0.4 is 10.6 Å². The van der Waals surface area contributed by atoms with E-state index in [-0.39, 0.29) is 17.9 Å². The van der Waals surface area contributed by atoms with Crippen LogP contribution in [0.25, 0.3) is 0 Å². The number of piperidine rings is 1. The van der Waals surface area contributed by atoms with E-state index in [9.17, 15) is 9.59 Å². The fourth-order valence-electron chi connectivity index (χ4n) is 1.30. The predicted octanol–water partition coefficient (Wildman–Crippen LogP) is -1.06. The molecule has 0 aromatic carbocycles. The molecule has 1 fully saturated rings. The number of hydrogen-bond donors (Lipinski definition) is 2. The van der Waals surface area contributed by atoms with Crippen LogP contribution in [-0.4, -0.2) is 49.9 Å². The van der Waals surface area contributed by atoms with Gasteiger partial charge in [-0.15, -0.1) is 0 Å². The highest BCUT2D eigenvalue weighted by Gasteiger charge is 2.18. The van der Waals surface area contributed by atoms with Gasteiger partial charge in [0.15, 0.2) is 0 Å². The fraction of sp³-hybridized carbons (Fsp3) is 0.778. The molecule has 0 radical (unpaired) electrons. The van der Waals surface area contributed by atoms with Gasteiger partial charge >= 0.3 is 0 Å². The van der Waals surface area contributed by atoms with Crippen LogP contribution in [-0.2, 0) is 9.59 Å². The SMILES string of the molecule is CN(C)C(=O)CNC1CCC(=O)NC1. The smallest absolute Gasteiger partial charge is 0.236 e. The summed E-state index contributed by atoms with van der Waals surface area (Å²) in [7, 11) is 3.46. The molecular weight excluding hydrogens is 182 g/mol. The lowest BCUT2D eigenvalue weighted by atomic mass is 10.1. The number of rotatable bonds is 3. The third-order valence-electron chi connectivity index (χ3n) is 2.31. The summed E-state index contributed by atoms with van der Waals surface area (Å²) >= 11 is 0. The highest BCUT2D eigenvalue weighted by Crippen LogP contribution is 2.01. The number of amides is 2. The molecule has 0 saturated carbocycles. The van der Waals surface area contributed by atoms with Gasteiger partial charge in [0.2, 0.25) is 11.8 Å². The molecule has 80 valence electrons. The quantitative estimate of drug-likeness (QED) is 0.609. The first-order valence-electron chi connectivity index (χ1n) is 4.80. The molecule has 5 heteroatoms. The van der Waals surface area contributed by atoms with Crippen molar-refractivity contribution in [3.8, 4) is 0 Å². The van der Waals surface area contributed by atoms with Crippen LogP contribution in [0.4, 0.5) is 0 Å². The molecule has 1 atom stereocenters. The van der Waals surface area contributed by atoms with Crippen LogP contribution in [0.15, 0.2) is 0 Å². The van der Waals surface area contributed by atoms with E-state index in [0.717, 1.165) is 6.42 Å². The second kappa shape index (κ2) is 4.95. The molecular formula is C9H17N3O2. The molecule has 1 unspecified atom stereocenters. The molecule has 14 heavy (non-hydrogen) atoms. The molecule has 1 aliphatic rings. The van der Waals surface area contributed by atoms with Gasteiger partial charge in [0, 0.05) is 33.1 Å². The standard InChI is InChI=1S/C9H17N3O2/c1-12(2)9(14)6-10-7-3-4-8(13)11-5-7/h7,10H,3-6H2,1-2H3,(H,11,13). The summed E-state index contributed by atoms with van der Waals surface area (Å²) in [5.74, 6) is 0.156. The van der Waals surface area contributed by atoms with Crippen molar-refractivity contribution < 1.29 is 9.59 Å². The Balaban J connectivity index is 2.19. The predicted molar refractivity (Wildman–Crippen MR) is 52.7 cm³/mol. The van der Waals surface area contributed by atoms with Gasteiger partial charge in [0.05, 0.1) is 6.54 Å². The van der Waals surface area contributed by atoms with E-state index in [1.807, 2.05) is 0 Å². The summed E-state index contributed by atoms with van der Waals surface area (Å²) in [6.45, 7) is 0.965. The van der Waals surface area contributed by atoms with E-state index in [1.54, 1.807) is 19.0 Å². The number of nitrogens with zero attached hydrogens (tertiary/aromatic N) is 1. The molecule has 0 spiro atoms. The molecule has 2 N–H and O–H groups in total. The third-order valence-corrected chi connectivity index (χ3v) is 2.31. The second-order valence-corrected chi connectivity index (χ2v) is 3.71. The minimum atomic E-state index is 0.0573. The molecule has 0 aromatic heterocycles. The molecule has 1 rings (SSSR count). The van der Waals surface area contributed by atoms with Crippen LogP contribution in [0.1, 0.15) is 12.8 Å². The van der Waals surface area contributed by atoms with Crippen molar-refractivity contribution in [1.82, 2.24) is 15.5 Å². The summed E-state index contributed by atoms with van der Waals surface area (Å²) in [5, 5.41) is 5.88. The van der Waals surface area contributed by atoms with Crippen LogP contribution in [0.3, 0.4) is 0 Å². The lowest BCUT2D eigenvalue weighted by Crippen LogP contribution is -2.48. The fourth-order valence-corrected chi connectivity index (χ4v) is 1.30. The van der Waals surface area contributed by atoms with E-state index < -0.39 is 0 Å². The molecule has 5 nitrogen and oxygen atoms in total. The Hall–Kier alpha value is -1.10. The summed E-state index contributed by atoms with van der Waals surface area (Å²) < 4.78 is 0. The van der Waals surface area contributed by atoms with E-state index >= 15 is 0 Å². The Labute approximate surface area is 83.8 Å².